The Morgan fingerprint density at radius 2 is 2.00 bits per heavy atom. The first kappa shape index (κ1) is 15.5. The third kappa shape index (κ3) is 3.80. The van der Waals surface area contributed by atoms with Crippen molar-refractivity contribution in [2.45, 2.75) is 51.5 Å². The van der Waals surface area contributed by atoms with E-state index in [1.165, 1.54) is 0 Å². The van der Waals surface area contributed by atoms with Gasteiger partial charge in [-0.2, -0.15) is 0 Å². The molecule has 2 atom stereocenters. The van der Waals surface area contributed by atoms with Gasteiger partial charge in [-0.3, -0.25) is 14.6 Å². The van der Waals surface area contributed by atoms with E-state index >= 15 is 0 Å². The molecule has 0 bridgehead atoms. The van der Waals surface area contributed by atoms with Crippen LogP contribution in [0.3, 0.4) is 0 Å². The summed E-state index contributed by atoms with van der Waals surface area (Å²) in [4.78, 5) is 27.2. The largest absolute Gasteiger partial charge is 0.481 e. The fraction of sp³-hybridized carbons (Fsp3) is 0.562. The first-order valence-corrected chi connectivity index (χ1v) is 7.27. The number of hydrogen-bond acceptors (Lipinski definition) is 3. The van der Waals surface area contributed by atoms with Crippen molar-refractivity contribution >= 4 is 11.9 Å². The zero-order valence-electron chi connectivity index (χ0n) is 12.7. The number of carboxylic acids is 1. The molecule has 1 amide bonds. The SMILES string of the molecule is CC(C)(C)c1ccc(C(=O)N[C@@H]2CC[C@H](C(=O)O)C2)nc1. The van der Waals surface area contributed by atoms with Crippen LogP contribution in [0.4, 0.5) is 0 Å². The quantitative estimate of drug-likeness (QED) is 0.895. The molecule has 1 aliphatic carbocycles. The van der Waals surface area contributed by atoms with Gasteiger partial charge in [-0.25, -0.2) is 0 Å². The number of rotatable bonds is 3. The number of nitrogens with one attached hydrogen (secondary N) is 1. The number of carbonyl (C=O) groups excluding carboxylic acids is 1. The average molecular weight is 290 g/mol. The number of aromatic nitrogens is 1. The van der Waals surface area contributed by atoms with E-state index in [2.05, 4.69) is 31.1 Å². The van der Waals surface area contributed by atoms with Gasteiger partial charge in [-0.05, 0) is 36.3 Å². The lowest BCUT2D eigenvalue weighted by molar-refractivity contribution is -0.141. The van der Waals surface area contributed by atoms with Crippen molar-refractivity contribution in [3.63, 3.8) is 0 Å². The van der Waals surface area contributed by atoms with Gasteiger partial charge in [0.1, 0.15) is 5.69 Å². The fourth-order valence-corrected chi connectivity index (χ4v) is 2.57. The second-order valence-corrected chi connectivity index (χ2v) is 6.70. The molecule has 1 aromatic heterocycles. The molecule has 0 spiro atoms. The van der Waals surface area contributed by atoms with Crippen LogP contribution >= 0.6 is 0 Å². The van der Waals surface area contributed by atoms with Crippen LogP contribution in [0.25, 0.3) is 0 Å². The zero-order valence-corrected chi connectivity index (χ0v) is 12.7. The maximum absolute atomic E-state index is 12.1. The van der Waals surface area contributed by atoms with Crippen LogP contribution in [0.15, 0.2) is 18.3 Å². The summed E-state index contributed by atoms with van der Waals surface area (Å²) in [7, 11) is 0. The van der Waals surface area contributed by atoms with Crippen molar-refractivity contribution in [3.8, 4) is 0 Å². The predicted molar refractivity (Wildman–Crippen MR) is 79.2 cm³/mol. The lowest BCUT2D eigenvalue weighted by Gasteiger charge is -2.18. The Kier molecular flexibility index (Phi) is 4.30. The number of carbonyl (C=O) groups is 2. The molecule has 1 aromatic rings. The monoisotopic (exact) mass is 290 g/mol. The lowest BCUT2D eigenvalue weighted by atomic mass is 9.88. The lowest BCUT2D eigenvalue weighted by Crippen LogP contribution is -2.34. The van der Waals surface area contributed by atoms with Gasteiger partial charge in [-0.15, -0.1) is 0 Å². The summed E-state index contributed by atoms with van der Waals surface area (Å²) in [5.41, 5.74) is 1.45. The molecule has 1 fully saturated rings. The smallest absolute Gasteiger partial charge is 0.306 e. The van der Waals surface area contributed by atoms with Gasteiger partial charge in [0.25, 0.3) is 5.91 Å². The van der Waals surface area contributed by atoms with Crippen molar-refractivity contribution in [2.75, 3.05) is 0 Å². The van der Waals surface area contributed by atoms with E-state index in [0.717, 1.165) is 5.56 Å². The third-order valence-corrected chi connectivity index (χ3v) is 3.98. The molecule has 21 heavy (non-hydrogen) atoms. The third-order valence-electron chi connectivity index (χ3n) is 3.98. The number of aliphatic carboxylic acids is 1. The molecular formula is C16H22N2O3. The Labute approximate surface area is 124 Å². The minimum atomic E-state index is -0.778. The number of nitrogens with zero attached hydrogens (tertiary/aromatic N) is 1. The van der Waals surface area contributed by atoms with Gasteiger partial charge in [0.05, 0.1) is 5.92 Å². The van der Waals surface area contributed by atoms with Gasteiger partial charge in [0.15, 0.2) is 0 Å². The second-order valence-electron chi connectivity index (χ2n) is 6.70. The van der Waals surface area contributed by atoms with Crippen LogP contribution in [0.5, 0.6) is 0 Å². The van der Waals surface area contributed by atoms with Gasteiger partial charge in [0.2, 0.25) is 0 Å². The number of amides is 1. The van der Waals surface area contributed by atoms with Gasteiger partial charge in [0, 0.05) is 12.2 Å². The molecular weight excluding hydrogens is 268 g/mol. The van der Waals surface area contributed by atoms with Crippen molar-refractivity contribution in [1.29, 1.82) is 0 Å². The highest BCUT2D eigenvalue weighted by atomic mass is 16.4. The Balaban J connectivity index is 1.97. The summed E-state index contributed by atoms with van der Waals surface area (Å²) in [6.07, 6.45) is 3.56. The summed E-state index contributed by atoms with van der Waals surface area (Å²) >= 11 is 0. The van der Waals surface area contributed by atoms with Crippen LogP contribution in [0, 0.1) is 5.92 Å². The highest BCUT2D eigenvalue weighted by Gasteiger charge is 2.30. The van der Waals surface area contributed by atoms with E-state index in [4.69, 9.17) is 5.11 Å². The van der Waals surface area contributed by atoms with Crippen LogP contribution in [-0.2, 0) is 10.2 Å². The first-order chi connectivity index (χ1) is 9.77. The van der Waals surface area contributed by atoms with Gasteiger partial charge >= 0.3 is 5.97 Å². The van der Waals surface area contributed by atoms with E-state index < -0.39 is 5.97 Å². The number of pyridine rings is 1. The number of carboxylic acid groups (broad SMARTS) is 1. The topological polar surface area (TPSA) is 79.3 Å². The molecule has 0 saturated heterocycles. The molecule has 0 unspecified atom stereocenters. The van der Waals surface area contributed by atoms with Crippen molar-refractivity contribution in [1.82, 2.24) is 10.3 Å². The van der Waals surface area contributed by atoms with Crippen molar-refractivity contribution in [2.24, 2.45) is 5.92 Å². The molecule has 0 aliphatic heterocycles. The second kappa shape index (κ2) is 5.84. The molecule has 5 nitrogen and oxygen atoms in total. The van der Waals surface area contributed by atoms with Gasteiger partial charge in [-0.1, -0.05) is 26.8 Å². The summed E-state index contributed by atoms with van der Waals surface area (Å²) in [5, 5.41) is 11.8. The Bertz CT molecular complexity index is 531. The molecule has 0 radical (unpaired) electrons. The van der Waals surface area contributed by atoms with E-state index in [9.17, 15) is 9.59 Å². The van der Waals surface area contributed by atoms with Crippen LogP contribution in [0.1, 0.15) is 56.1 Å². The summed E-state index contributed by atoms with van der Waals surface area (Å²) < 4.78 is 0. The first-order valence-electron chi connectivity index (χ1n) is 7.27. The van der Waals surface area contributed by atoms with Crippen LogP contribution in [-0.4, -0.2) is 28.0 Å². The maximum atomic E-state index is 12.1. The Hall–Kier alpha value is -1.91. The Morgan fingerprint density at radius 1 is 1.29 bits per heavy atom. The van der Waals surface area contributed by atoms with E-state index in [-0.39, 0.29) is 23.3 Å². The van der Waals surface area contributed by atoms with E-state index in [1.807, 2.05) is 6.07 Å². The van der Waals surface area contributed by atoms with E-state index in [1.54, 1.807) is 12.3 Å². The molecule has 5 heteroatoms. The zero-order chi connectivity index (χ0) is 15.6. The molecule has 1 heterocycles. The highest BCUT2D eigenvalue weighted by Crippen LogP contribution is 2.26. The highest BCUT2D eigenvalue weighted by molar-refractivity contribution is 5.92. The maximum Gasteiger partial charge on any atom is 0.306 e. The molecule has 1 saturated carbocycles. The summed E-state index contributed by atoms with van der Waals surface area (Å²) in [6.45, 7) is 6.27. The van der Waals surface area contributed by atoms with Crippen LogP contribution < -0.4 is 5.32 Å². The molecule has 114 valence electrons. The van der Waals surface area contributed by atoms with E-state index in [0.29, 0.717) is 25.0 Å². The standard InChI is InChI=1S/C16H22N2O3/c1-16(2,3)11-5-7-13(17-9-11)14(19)18-12-6-4-10(8-12)15(20)21/h5,7,9-10,12H,4,6,8H2,1-3H3,(H,18,19)(H,20,21)/t10-,12+/m0/s1. The molecule has 2 rings (SSSR count). The minimum Gasteiger partial charge on any atom is -0.481 e. The van der Waals surface area contributed by atoms with Crippen molar-refractivity contribution in [3.05, 3.63) is 29.6 Å². The number of hydrogen-bond donors (Lipinski definition) is 2. The summed E-state index contributed by atoms with van der Waals surface area (Å²) in [5.74, 6) is -1.35. The van der Waals surface area contributed by atoms with Gasteiger partial charge < -0.3 is 10.4 Å². The normalized spacial score (nSPS) is 22.0. The van der Waals surface area contributed by atoms with Crippen molar-refractivity contribution < 1.29 is 14.7 Å². The molecule has 1 aliphatic rings. The Morgan fingerprint density at radius 3 is 2.48 bits per heavy atom. The fourth-order valence-electron chi connectivity index (χ4n) is 2.57. The molecule has 0 aromatic carbocycles. The minimum absolute atomic E-state index is 0.00215. The average Bonchev–Trinajstić information content (AvgIpc) is 2.86. The summed E-state index contributed by atoms with van der Waals surface area (Å²) in [6, 6.07) is 3.57. The van der Waals surface area contributed by atoms with Crippen LogP contribution in [0.2, 0.25) is 0 Å². The predicted octanol–water partition coefficient (Wildman–Crippen LogP) is 2.36. The molecule has 2 N–H and O–H groups in total.